The van der Waals surface area contributed by atoms with Crippen LogP contribution in [0, 0.1) is 39.5 Å². The molecule has 312 valence electrons. The van der Waals surface area contributed by atoms with Crippen molar-refractivity contribution in [1.29, 1.82) is 0 Å². The summed E-state index contributed by atoms with van der Waals surface area (Å²) in [5.41, 5.74) is 22.0. The summed E-state index contributed by atoms with van der Waals surface area (Å²) in [6.07, 6.45) is 7.64. The highest BCUT2D eigenvalue weighted by atomic mass is 16.3. The fourth-order valence-electron chi connectivity index (χ4n) is 11.3. The number of pyridine rings is 3. The molecule has 0 fully saturated rings. The molecule has 61 heavy (non-hydrogen) atoms. The summed E-state index contributed by atoms with van der Waals surface area (Å²) >= 11 is 0. The molecular weight excluding hydrogens is 743 g/mol. The molecule has 3 aromatic carbocycles. The molecule has 0 radical (unpaired) electrons. The van der Waals surface area contributed by atoms with Gasteiger partial charge in [-0.25, -0.2) is 4.98 Å². The average Bonchev–Trinajstić information content (AvgIpc) is 3.58. The summed E-state index contributed by atoms with van der Waals surface area (Å²) in [6.45, 7) is 32.7. The van der Waals surface area contributed by atoms with Gasteiger partial charge in [0.25, 0.3) is 0 Å². The van der Waals surface area contributed by atoms with Crippen molar-refractivity contribution >= 4 is 27.8 Å². The number of fused-ring (bicyclic) bond motifs is 13. The first-order valence-corrected chi connectivity index (χ1v) is 23.0. The van der Waals surface area contributed by atoms with Gasteiger partial charge in [-0.2, -0.15) is 9.13 Å². The van der Waals surface area contributed by atoms with Gasteiger partial charge in [-0.15, -0.1) is 0 Å². The second kappa shape index (κ2) is 15.5. The van der Waals surface area contributed by atoms with Crippen molar-refractivity contribution in [1.82, 2.24) is 4.98 Å². The van der Waals surface area contributed by atoms with Crippen LogP contribution in [0.25, 0.3) is 61.5 Å². The number of furan rings is 1. The molecule has 9 rings (SSSR count). The first-order chi connectivity index (χ1) is 29.1. The predicted octanol–water partition coefficient (Wildman–Crippen LogP) is 14.6. The smallest absolute Gasteiger partial charge is 0.227 e. The number of hydrogen-bond donors (Lipinski definition) is 0. The lowest BCUT2D eigenvalue weighted by Gasteiger charge is -2.32. The molecule has 2 aliphatic heterocycles. The standard InChI is InChI=1S/C57H65N3O/c1-31(2)41-15-14-16-42(32(3)4)55(41)49-23-22-45-44-21-18-40-19-24-50-47(46-25-35(9)17-20-43(46)51-26-36(10)38(12)29-60(50)51)28-39(13)59-30-48(53(33(5)6)34(7)8)37(11)27-52(59)54(40)56(44)61-57(45)58-49/h14-18,20-23,25-27,29-34,47,50,53H,13,19,24,28H2,1-12H3/q+2. The Hall–Kier alpha value is -5.35. The summed E-state index contributed by atoms with van der Waals surface area (Å²) in [6, 6.07) is 28.1. The van der Waals surface area contributed by atoms with Gasteiger partial charge in [-0.1, -0.05) is 103 Å². The Morgan fingerprint density at radius 2 is 1.38 bits per heavy atom. The van der Waals surface area contributed by atoms with E-state index in [0.717, 1.165) is 52.7 Å². The second-order valence-electron chi connectivity index (χ2n) is 19.9. The second-order valence-corrected chi connectivity index (χ2v) is 19.9. The molecule has 0 saturated heterocycles. The number of aryl methyl sites for hydroxylation is 5. The first kappa shape index (κ1) is 41.0. The van der Waals surface area contributed by atoms with Crippen molar-refractivity contribution in [3.05, 3.63) is 142 Å². The Balaban J connectivity index is 1.31. The number of benzene rings is 3. The molecule has 7 aromatic rings. The molecule has 0 aliphatic carbocycles. The highest BCUT2D eigenvalue weighted by Crippen LogP contribution is 2.47. The number of rotatable bonds is 6. The summed E-state index contributed by atoms with van der Waals surface area (Å²) in [5.74, 6) is 2.41. The zero-order valence-corrected chi connectivity index (χ0v) is 38.7. The fraction of sp³-hybridized carbons (Fsp3) is 0.386. The van der Waals surface area contributed by atoms with E-state index in [9.17, 15) is 0 Å². The summed E-state index contributed by atoms with van der Waals surface area (Å²) in [5, 5.41) is 2.16. The van der Waals surface area contributed by atoms with Crippen molar-refractivity contribution < 1.29 is 13.6 Å². The van der Waals surface area contributed by atoms with E-state index in [-0.39, 0.29) is 12.0 Å². The maximum atomic E-state index is 7.16. The first-order valence-electron chi connectivity index (χ1n) is 23.0. The van der Waals surface area contributed by atoms with Crippen molar-refractivity contribution in [3.63, 3.8) is 0 Å². The van der Waals surface area contributed by atoms with E-state index in [0.29, 0.717) is 35.3 Å². The predicted molar refractivity (Wildman–Crippen MR) is 254 cm³/mol. The van der Waals surface area contributed by atoms with E-state index in [2.05, 4.69) is 177 Å². The van der Waals surface area contributed by atoms with E-state index in [1.165, 1.54) is 72.5 Å². The van der Waals surface area contributed by atoms with E-state index in [1.807, 2.05) is 0 Å². The van der Waals surface area contributed by atoms with Crippen LogP contribution in [0.3, 0.4) is 0 Å². The molecule has 4 aromatic heterocycles. The maximum Gasteiger partial charge on any atom is 0.227 e. The van der Waals surface area contributed by atoms with Crippen molar-refractivity contribution in [3.8, 4) is 33.8 Å². The topological polar surface area (TPSA) is 33.8 Å². The number of nitrogens with zero attached hydrogens (tertiary/aromatic N) is 3. The molecule has 0 spiro atoms. The van der Waals surface area contributed by atoms with Crippen LogP contribution in [-0.4, -0.2) is 4.98 Å². The van der Waals surface area contributed by atoms with Gasteiger partial charge < -0.3 is 4.42 Å². The Kier molecular flexibility index (Phi) is 10.4. The Bertz CT molecular complexity index is 2850. The number of allylic oxidation sites excluding steroid dienone is 1. The average molecular weight is 808 g/mol. The highest BCUT2D eigenvalue weighted by molar-refractivity contribution is 6.09. The van der Waals surface area contributed by atoms with E-state index >= 15 is 0 Å². The maximum absolute atomic E-state index is 7.16. The Labute approximate surface area is 364 Å². The molecule has 0 bridgehead atoms. The lowest BCUT2D eigenvalue weighted by atomic mass is 9.76. The molecule has 0 amide bonds. The molecule has 6 heterocycles. The van der Waals surface area contributed by atoms with E-state index in [4.69, 9.17) is 16.0 Å². The molecule has 2 atom stereocenters. The van der Waals surface area contributed by atoms with E-state index < -0.39 is 0 Å². The van der Waals surface area contributed by atoms with E-state index in [1.54, 1.807) is 0 Å². The molecule has 2 aliphatic rings. The molecular formula is C57H65N3O+2. The van der Waals surface area contributed by atoms with Crippen LogP contribution in [0.5, 0.6) is 0 Å². The lowest BCUT2D eigenvalue weighted by molar-refractivity contribution is -0.719. The SMILES string of the molecule is C=C1CC2c3cc(C)ccc3-c3cc(C)c(C)c[n+]3C2CCc2ccc3c(oc4nc(-c5c(C(C)C)cccc5C(C)C)ccc43)c2-c2cc(C)c(C(C(C)C)C(C)C)c[n+]21. The summed E-state index contributed by atoms with van der Waals surface area (Å²) in [4.78, 5) is 5.39. The molecule has 0 saturated carbocycles. The molecule has 0 N–H and O–H groups in total. The highest BCUT2D eigenvalue weighted by Gasteiger charge is 2.43. The van der Waals surface area contributed by atoms with Crippen LogP contribution in [-0.2, 0) is 6.42 Å². The van der Waals surface area contributed by atoms with Gasteiger partial charge in [0.2, 0.25) is 17.1 Å². The third-order valence-electron chi connectivity index (χ3n) is 14.4. The largest absolute Gasteiger partial charge is 0.437 e. The van der Waals surface area contributed by atoms with Gasteiger partial charge in [0, 0.05) is 58.0 Å². The van der Waals surface area contributed by atoms with Crippen LogP contribution in [0.4, 0.5) is 0 Å². The minimum atomic E-state index is 0.256. The Morgan fingerprint density at radius 3 is 2.07 bits per heavy atom. The van der Waals surface area contributed by atoms with Crippen LogP contribution in [0.1, 0.15) is 148 Å². The van der Waals surface area contributed by atoms with Crippen LogP contribution in [0.2, 0.25) is 0 Å². The molecule has 4 nitrogen and oxygen atoms in total. The number of hydrogen-bond acceptors (Lipinski definition) is 2. The van der Waals surface area contributed by atoms with Gasteiger partial charge in [-0.05, 0) is 122 Å². The summed E-state index contributed by atoms with van der Waals surface area (Å²) < 4.78 is 12.2. The van der Waals surface area contributed by atoms with Gasteiger partial charge >= 0.3 is 0 Å². The number of aromatic nitrogens is 3. The molecule has 2 unspecified atom stereocenters. The van der Waals surface area contributed by atoms with Crippen LogP contribution in [0.15, 0.2) is 96.2 Å². The van der Waals surface area contributed by atoms with Gasteiger partial charge in [0.05, 0.1) is 17.2 Å². The van der Waals surface area contributed by atoms with Crippen molar-refractivity contribution in [2.24, 2.45) is 11.8 Å². The zero-order valence-electron chi connectivity index (χ0n) is 38.7. The normalized spacial score (nSPS) is 16.4. The van der Waals surface area contributed by atoms with Crippen LogP contribution < -0.4 is 9.13 Å². The van der Waals surface area contributed by atoms with Gasteiger partial charge in [0.15, 0.2) is 29.7 Å². The summed E-state index contributed by atoms with van der Waals surface area (Å²) in [7, 11) is 0. The monoisotopic (exact) mass is 808 g/mol. The minimum Gasteiger partial charge on any atom is -0.437 e. The lowest BCUT2D eigenvalue weighted by Crippen LogP contribution is -2.49. The third-order valence-corrected chi connectivity index (χ3v) is 14.4. The van der Waals surface area contributed by atoms with Crippen LogP contribution >= 0.6 is 0 Å². The zero-order chi connectivity index (χ0) is 43.2. The molecule has 4 heteroatoms. The van der Waals surface area contributed by atoms with Gasteiger partial charge in [-0.3, -0.25) is 0 Å². The van der Waals surface area contributed by atoms with Gasteiger partial charge in [0.1, 0.15) is 0 Å². The minimum absolute atomic E-state index is 0.256. The quantitative estimate of drug-likeness (QED) is 0.157. The fourth-order valence-corrected chi connectivity index (χ4v) is 11.3. The third kappa shape index (κ3) is 6.86. The Morgan fingerprint density at radius 1 is 0.689 bits per heavy atom. The van der Waals surface area contributed by atoms with Crippen molar-refractivity contribution in [2.75, 3.05) is 0 Å². The van der Waals surface area contributed by atoms with Crippen molar-refractivity contribution in [2.45, 2.75) is 132 Å².